The number of aliphatic hydroxyl groups excluding tert-OH is 1. The molecule has 0 amide bonds. The highest BCUT2D eigenvalue weighted by Crippen LogP contribution is 2.47. The fourth-order valence-electron chi connectivity index (χ4n) is 6.38. The van der Waals surface area contributed by atoms with E-state index in [1.165, 1.54) is 13.2 Å². The SMILES string of the molecule is CCc1c(F)ccc2cc(OCOC)cc(-c3nc(OC4CC4)c4c(N5CCC[C@@](C)(O)C5)nc(OCC5(CO)CC5)nc4c3F)c12. The number of halogens is 2. The lowest BCUT2D eigenvalue weighted by atomic mass is 9.94. The summed E-state index contributed by atoms with van der Waals surface area (Å²) in [5.41, 5.74) is -0.740. The minimum Gasteiger partial charge on any atom is -0.474 e. The molecule has 0 radical (unpaired) electrons. The van der Waals surface area contributed by atoms with Gasteiger partial charge in [0.25, 0.3) is 0 Å². The van der Waals surface area contributed by atoms with Gasteiger partial charge in [-0.2, -0.15) is 9.97 Å². The lowest BCUT2D eigenvalue weighted by Gasteiger charge is -2.38. The van der Waals surface area contributed by atoms with Gasteiger partial charge in [0.2, 0.25) is 5.88 Å². The van der Waals surface area contributed by atoms with Gasteiger partial charge in [0, 0.05) is 31.2 Å². The fourth-order valence-corrected chi connectivity index (χ4v) is 6.38. The molecule has 3 aliphatic rings. The average Bonchev–Trinajstić information content (AvgIpc) is 4.00. The molecule has 1 saturated heterocycles. The molecule has 12 heteroatoms. The van der Waals surface area contributed by atoms with Crippen LogP contribution >= 0.6 is 0 Å². The molecule has 250 valence electrons. The maximum absolute atomic E-state index is 17.2. The Labute approximate surface area is 271 Å². The second-order valence-corrected chi connectivity index (χ2v) is 13.4. The summed E-state index contributed by atoms with van der Waals surface area (Å²) < 4.78 is 55.8. The molecule has 2 aromatic carbocycles. The predicted octanol–water partition coefficient (Wildman–Crippen LogP) is 5.71. The fraction of sp³-hybridized carbons (Fsp3) is 0.514. The van der Waals surface area contributed by atoms with E-state index in [9.17, 15) is 10.2 Å². The van der Waals surface area contributed by atoms with E-state index in [4.69, 9.17) is 28.9 Å². The van der Waals surface area contributed by atoms with Crippen LogP contribution in [0.25, 0.3) is 32.9 Å². The topological polar surface area (TPSA) is 119 Å². The van der Waals surface area contributed by atoms with Crippen molar-refractivity contribution in [3.8, 4) is 28.9 Å². The Morgan fingerprint density at radius 3 is 2.53 bits per heavy atom. The van der Waals surface area contributed by atoms with Gasteiger partial charge in [0.05, 0.1) is 18.8 Å². The first-order valence-corrected chi connectivity index (χ1v) is 16.3. The van der Waals surface area contributed by atoms with Crippen LogP contribution in [0.4, 0.5) is 14.6 Å². The van der Waals surface area contributed by atoms with Gasteiger partial charge in [0.15, 0.2) is 12.6 Å². The normalized spacial score (nSPS) is 20.5. The largest absolute Gasteiger partial charge is 0.474 e. The van der Waals surface area contributed by atoms with Gasteiger partial charge in [-0.15, -0.1) is 0 Å². The Kier molecular flexibility index (Phi) is 8.30. The number of aromatic nitrogens is 3. The molecule has 2 N–H and O–H groups in total. The van der Waals surface area contributed by atoms with Crippen LogP contribution in [0, 0.1) is 17.0 Å². The van der Waals surface area contributed by atoms with Crippen molar-refractivity contribution >= 4 is 27.5 Å². The van der Waals surface area contributed by atoms with Crippen molar-refractivity contribution in [3.05, 3.63) is 41.5 Å². The number of β-amino-alcohol motifs (C(OH)–C–C–N with tert-alkyl or cyclic N) is 1. The number of anilines is 1. The molecule has 2 aromatic heterocycles. The van der Waals surface area contributed by atoms with Gasteiger partial charge in [-0.3, -0.25) is 0 Å². The molecule has 1 atom stereocenters. The molecule has 0 unspecified atom stereocenters. The lowest BCUT2D eigenvalue weighted by Crippen LogP contribution is -2.46. The highest BCUT2D eigenvalue weighted by molar-refractivity contribution is 6.03. The molecule has 2 saturated carbocycles. The van der Waals surface area contributed by atoms with Gasteiger partial charge >= 0.3 is 6.01 Å². The number of benzene rings is 2. The Hall–Kier alpha value is -3.87. The third-order valence-corrected chi connectivity index (χ3v) is 9.38. The second-order valence-electron chi connectivity index (χ2n) is 13.4. The van der Waals surface area contributed by atoms with Gasteiger partial charge in [-0.25, -0.2) is 13.8 Å². The molecule has 1 aliphatic heterocycles. The summed E-state index contributed by atoms with van der Waals surface area (Å²) in [6, 6.07) is 6.38. The van der Waals surface area contributed by atoms with E-state index >= 15 is 8.78 Å². The first-order chi connectivity index (χ1) is 22.6. The highest BCUT2D eigenvalue weighted by atomic mass is 19.1. The molecule has 0 spiro atoms. The first-order valence-electron chi connectivity index (χ1n) is 16.3. The van der Waals surface area contributed by atoms with E-state index in [1.807, 2.05) is 11.8 Å². The number of hydrogen-bond donors (Lipinski definition) is 2. The molecule has 4 aromatic rings. The Balaban J connectivity index is 1.49. The summed E-state index contributed by atoms with van der Waals surface area (Å²) in [7, 11) is 1.50. The number of pyridine rings is 1. The molecule has 10 nitrogen and oxygen atoms in total. The number of nitrogens with zero attached hydrogens (tertiary/aromatic N) is 4. The van der Waals surface area contributed by atoms with Crippen LogP contribution in [0.5, 0.6) is 17.6 Å². The van der Waals surface area contributed by atoms with E-state index in [-0.39, 0.29) is 66.6 Å². The Morgan fingerprint density at radius 1 is 1.04 bits per heavy atom. The molecular weight excluding hydrogens is 610 g/mol. The quantitative estimate of drug-likeness (QED) is 0.185. The summed E-state index contributed by atoms with van der Waals surface area (Å²) in [6.45, 7) is 4.55. The number of methoxy groups -OCH3 is 1. The lowest BCUT2D eigenvalue weighted by molar-refractivity contribution is 0.0447. The van der Waals surface area contributed by atoms with Crippen LogP contribution < -0.4 is 19.1 Å². The number of aryl methyl sites for hydroxylation is 1. The number of hydrogen-bond acceptors (Lipinski definition) is 10. The molecule has 47 heavy (non-hydrogen) atoms. The van der Waals surface area contributed by atoms with Crippen LogP contribution in [0.3, 0.4) is 0 Å². The van der Waals surface area contributed by atoms with Crippen LogP contribution in [-0.2, 0) is 11.2 Å². The summed E-state index contributed by atoms with van der Waals surface area (Å²) >= 11 is 0. The summed E-state index contributed by atoms with van der Waals surface area (Å²) in [5.74, 6) is -0.242. The van der Waals surface area contributed by atoms with Gasteiger partial charge < -0.3 is 34.1 Å². The maximum Gasteiger partial charge on any atom is 0.319 e. The molecule has 0 bridgehead atoms. The number of rotatable bonds is 12. The average molecular weight is 651 g/mol. The number of ether oxygens (including phenoxy) is 4. The third kappa shape index (κ3) is 6.26. The van der Waals surface area contributed by atoms with Gasteiger partial charge in [-0.05, 0) is 86.4 Å². The van der Waals surface area contributed by atoms with Crippen LogP contribution in [0.1, 0.15) is 57.9 Å². The van der Waals surface area contributed by atoms with Crippen molar-refractivity contribution < 1.29 is 37.9 Å². The zero-order valence-electron chi connectivity index (χ0n) is 26.9. The van der Waals surface area contributed by atoms with Gasteiger partial charge in [-0.1, -0.05) is 13.0 Å². The van der Waals surface area contributed by atoms with Crippen molar-refractivity contribution in [3.63, 3.8) is 0 Å². The van der Waals surface area contributed by atoms with Crippen LogP contribution in [0.2, 0.25) is 0 Å². The van der Waals surface area contributed by atoms with Crippen molar-refractivity contribution in [2.45, 2.75) is 70.5 Å². The smallest absolute Gasteiger partial charge is 0.319 e. The molecule has 7 rings (SSSR count). The van der Waals surface area contributed by atoms with Crippen molar-refractivity contribution in [1.82, 2.24) is 15.0 Å². The van der Waals surface area contributed by atoms with E-state index in [2.05, 4.69) is 4.98 Å². The molecule has 3 fully saturated rings. The van der Waals surface area contributed by atoms with E-state index < -0.39 is 17.2 Å². The minimum absolute atomic E-state index is 0.0326. The maximum atomic E-state index is 17.2. The Morgan fingerprint density at radius 2 is 1.85 bits per heavy atom. The number of aliphatic hydroxyl groups is 2. The first kappa shape index (κ1) is 31.7. The van der Waals surface area contributed by atoms with E-state index in [1.54, 1.807) is 25.1 Å². The second kappa shape index (κ2) is 12.3. The van der Waals surface area contributed by atoms with Crippen LogP contribution in [0.15, 0.2) is 24.3 Å². The highest BCUT2D eigenvalue weighted by Gasteiger charge is 2.43. The minimum atomic E-state index is -0.989. The number of fused-ring (bicyclic) bond motifs is 2. The number of piperidine rings is 1. The summed E-state index contributed by atoms with van der Waals surface area (Å²) in [6.07, 6.45) is 4.83. The monoisotopic (exact) mass is 650 g/mol. The van der Waals surface area contributed by atoms with Crippen molar-refractivity contribution in [2.24, 2.45) is 5.41 Å². The summed E-state index contributed by atoms with van der Waals surface area (Å²) in [5, 5.41) is 22.4. The van der Waals surface area contributed by atoms with Crippen molar-refractivity contribution in [2.75, 3.05) is 45.1 Å². The Bertz CT molecular complexity index is 1830. The zero-order chi connectivity index (χ0) is 32.9. The van der Waals surface area contributed by atoms with Gasteiger partial charge in [0.1, 0.15) is 40.1 Å². The summed E-state index contributed by atoms with van der Waals surface area (Å²) in [4.78, 5) is 16.1. The zero-order valence-corrected chi connectivity index (χ0v) is 26.9. The van der Waals surface area contributed by atoms with Crippen molar-refractivity contribution in [1.29, 1.82) is 0 Å². The standard InChI is InChI=1S/C35H40F2N4O6/c1-4-23-25(36)9-6-20-14-22(46-19-44-3)15-24(26(20)23)29-28(37)30-27(32(38-29)47-21-7-8-21)31(41-13-5-10-34(2,43)16-41)40-33(39-30)45-18-35(17-42)11-12-35/h6,9,14-15,21,42-43H,4-5,7-8,10-13,16-19H2,1-3H3/t34-/m1/s1. The molecule has 3 heterocycles. The molecular formula is C35H40F2N4O6. The molecule has 2 aliphatic carbocycles. The third-order valence-electron chi connectivity index (χ3n) is 9.38. The predicted molar refractivity (Wildman–Crippen MR) is 172 cm³/mol. The van der Waals surface area contributed by atoms with E-state index in [0.29, 0.717) is 59.3 Å². The van der Waals surface area contributed by atoms with E-state index in [0.717, 1.165) is 25.7 Å². The van der Waals surface area contributed by atoms with Crippen LogP contribution in [-0.4, -0.2) is 77.1 Å².